The van der Waals surface area contributed by atoms with Gasteiger partial charge in [-0.25, -0.2) is 0 Å². The lowest BCUT2D eigenvalue weighted by molar-refractivity contribution is -0.137. The average molecular weight is 501 g/mol. The van der Waals surface area contributed by atoms with Crippen molar-refractivity contribution >= 4 is 29.3 Å². The molecule has 0 bridgehead atoms. The van der Waals surface area contributed by atoms with E-state index in [1.54, 1.807) is 18.2 Å². The third-order valence-corrected chi connectivity index (χ3v) is 8.29. The maximum absolute atomic E-state index is 13.5. The van der Waals surface area contributed by atoms with Gasteiger partial charge in [-0.15, -0.1) is 0 Å². The first-order valence-corrected chi connectivity index (χ1v) is 12.9. The maximum Gasteiger partial charge on any atom is 0.416 e. The fraction of sp³-hybridized carbons (Fsp3) is 0.407. The number of carbonyl (C=O) groups is 2. The van der Waals surface area contributed by atoms with E-state index in [0.717, 1.165) is 49.1 Å². The molecule has 2 aliphatic heterocycles. The van der Waals surface area contributed by atoms with Gasteiger partial charge in [-0.05, 0) is 61.4 Å². The molecule has 2 fully saturated rings. The van der Waals surface area contributed by atoms with Crippen molar-refractivity contribution in [3.05, 3.63) is 70.6 Å². The fourth-order valence-electron chi connectivity index (χ4n) is 5.54. The lowest BCUT2D eigenvalue weighted by Crippen LogP contribution is -2.49. The quantitative estimate of drug-likeness (QED) is 0.458. The Morgan fingerprint density at radius 3 is 2.63 bits per heavy atom. The third-order valence-electron chi connectivity index (χ3n) is 7.21. The molecule has 2 heterocycles. The molecule has 0 N–H and O–H groups in total. The number of alkyl halides is 3. The van der Waals surface area contributed by atoms with Crippen molar-refractivity contribution in [3.63, 3.8) is 0 Å². The molecule has 3 aliphatic rings. The fourth-order valence-corrected chi connectivity index (χ4v) is 6.56. The molecule has 2 atom stereocenters. The number of benzene rings is 2. The Morgan fingerprint density at radius 2 is 1.80 bits per heavy atom. The highest BCUT2D eigenvalue weighted by Crippen LogP contribution is 2.43. The molecule has 35 heavy (non-hydrogen) atoms. The van der Waals surface area contributed by atoms with Gasteiger partial charge in [0, 0.05) is 23.6 Å². The van der Waals surface area contributed by atoms with Crippen LogP contribution < -0.4 is 4.90 Å². The number of fused-ring (bicyclic) bond motifs is 2. The number of anilines is 1. The van der Waals surface area contributed by atoms with E-state index in [9.17, 15) is 22.8 Å². The summed E-state index contributed by atoms with van der Waals surface area (Å²) in [5, 5.41) is 0. The Bertz CT molecular complexity index is 1160. The van der Waals surface area contributed by atoms with Crippen LogP contribution in [-0.2, 0) is 22.3 Å². The summed E-state index contributed by atoms with van der Waals surface area (Å²) in [5.41, 5.74) is 0.261. The second-order valence-electron chi connectivity index (χ2n) is 9.45. The van der Waals surface area contributed by atoms with Crippen LogP contribution in [0, 0.1) is 5.92 Å². The predicted molar refractivity (Wildman–Crippen MR) is 130 cm³/mol. The third kappa shape index (κ3) is 4.99. The van der Waals surface area contributed by atoms with Gasteiger partial charge in [0.15, 0.2) is 0 Å². The molecule has 8 heteroatoms. The lowest BCUT2D eigenvalue weighted by Gasteiger charge is -2.43. The number of amides is 2. The van der Waals surface area contributed by atoms with Crippen LogP contribution in [0.25, 0.3) is 0 Å². The molecule has 1 saturated heterocycles. The normalized spacial score (nSPS) is 23.7. The van der Waals surface area contributed by atoms with Crippen LogP contribution in [0.4, 0.5) is 18.9 Å². The molecule has 1 saturated carbocycles. The number of carbonyl (C=O) groups excluding carboxylic acids is 2. The van der Waals surface area contributed by atoms with Crippen molar-refractivity contribution in [2.24, 2.45) is 5.92 Å². The summed E-state index contributed by atoms with van der Waals surface area (Å²) in [5.74, 6) is 0.0280. The van der Waals surface area contributed by atoms with Crippen LogP contribution in [0.2, 0.25) is 0 Å². The number of hydrogen-bond donors (Lipinski definition) is 0. The first-order valence-electron chi connectivity index (χ1n) is 12.1. The van der Waals surface area contributed by atoms with Crippen LogP contribution in [0.3, 0.4) is 0 Å². The minimum absolute atomic E-state index is 0.0136. The van der Waals surface area contributed by atoms with Crippen molar-refractivity contribution in [2.75, 3.05) is 11.4 Å². The molecule has 2 aromatic carbocycles. The SMILES string of the molecule is O=C1/C(=C\C(=O)N2CCC[C@H]3CCCC[C@H]32)Sc2ccccc2N1Cc1cccc(C(F)(F)F)c1. The van der Waals surface area contributed by atoms with Crippen LogP contribution in [0.15, 0.2) is 64.4 Å². The smallest absolute Gasteiger partial charge is 0.336 e. The van der Waals surface area contributed by atoms with Crippen LogP contribution in [0.1, 0.15) is 49.7 Å². The monoisotopic (exact) mass is 500 g/mol. The van der Waals surface area contributed by atoms with Crippen molar-refractivity contribution in [1.82, 2.24) is 4.90 Å². The molecule has 5 rings (SSSR count). The number of piperidine rings is 1. The summed E-state index contributed by atoms with van der Waals surface area (Å²) in [6, 6.07) is 12.5. The highest BCUT2D eigenvalue weighted by Gasteiger charge is 2.37. The molecule has 0 spiro atoms. The van der Waals surface area contributed by atoms with E-state index in [1.807, 2.05) is 17.0 Å². The summed E-state index contributed by atoms with van der Waals surface area (Å²) < 4.78 is 39.7. The number of halogens is 3. The molecule has 2 aromatic rings. The molecule has 0 aromatic heterocycles. The van der Waals surface area contributed by atoms with Crippen molar-refractivity contribution in [3.8, 4) is 0 Å². The van der Waals surface area contributed by atoms with Gasteiger partial charge in [0.2, 0.25) is 5.91 Å². The van der Waals surface area contributed by atoms with E-state index in [4.69, 9.17) is 0 Å². The molecule has 0 radical (unpaired) electrons. The Labute approximate surface area is 207 Å². The van der Waals surface area contributed by atoms with E-state index < -0.39 is 11.7 Å². The van der Waals surface area contributed by atoms with Gasteiger partial charge in [-0.2, -0.15) is 13.2 Å². The molecule has 2 amide bonds. The Morgan fingerprint density at radius 1 is 1.03 bits per heavy atom. The number of likely N-dealkylation sites (tertiary alicyclic amines) is 1. The standard InChI is InChI=1S/C27H27F3N2O2S/c28-27(29,30)20-10-5-7-18(15-20)17-32-22-12-3-4-13-23(22)35-24(26(32)34)16-25(33)31-14-6-9-19-8-1-2-11-21(19)31/h3-5,7,10,12-13,15-16,19,21H,1-2,6,8-9,11,14,17H2/b24-16+/t19-,21-/m1/s1. The summed E-state index contributed by atoms with van der Waals surface area (Å²) >= 11 is 1.25. The Kier molecular flexibility index (Phi) is 6.66. The van der Waals surface area contributed by atoms with Crippen molar-refractivity contribution in [2.45, 2.75) is 62.2 Å². The minimum Gasteiger partial charge on any atom is -0.336 e. The van der Waals surface area contributed by atoms with Gasteiger partial charge < -0.3 is 9.80 Å². The van der Waals surface area contributed by atoms with Gasteiger partial charge in [0.25, 0.3) is 5.91 Å². The number of nitrogens with zero attached hydrogens (tertiary/aromatic N) is 2. The molecular weight excluding hydrogens is 473 g/mol. The van der Waals surface area contributed by atoms with Gasteiger partial charge in [0.05, 0.1) is 22.7 Å². The van der Waals surface area contributed by atoms with Crippen LogP contribution in [-0.4, -0.2) is 29.3 Å². The van der Waals surface area contributed by atoms with Crippen LogP contribution >= 0.6 is 11.8 Å². The molecule has 184 valence electrons. The van der Waals surface area contributed by atoms with E-state index in [-0.39, 0.29) is 24.4 Å². The molecular formula is C27H27F3N2O2S. The number of hydrogen-bond acceptors (Lipinski definition) is 3. The maximum atomic E-state index is 13.5. The zero-order chi connectivity index (χ0) is 24.6. The van der Waals surface area contributed by atoms with Gasteiger partial charge >= 0.3 is 6.18 Å². The van der Waals surface area contributed by atoms with E-state index in [0.29, 0.717) is 28.6 Å². The number of thioether (sulfide) groups is 1. The molecule has 1 aliphatic carbocycles. The van der Waals surface area contributed by atoms with Crippen molar-refractivity contribution < 1.29 is 22.8 Å². The van der Waals surface area contributed by atoms with Gasteiger partial charge in [0.1, 0.15) is 0 Å². The first kappa shape index (κ1) is 24.0. The summed E-state index contributed by atoms with van der Waals surface area (Å²) in [7, 11) is 0. The predicted octanol–water partition coefficient (Wildman–Crippen LogP) is 6.41. The lowest BCUT2D eigenvalue weighted by atomic mass is 9.78. The zero-order valence-corrected chi connectivity index (χ0v) is 20.1. The highest BCUT2D eigenvalue weighted by molar-refractivity contribution is 8.04. The zero-order valence-electron chi connectivity index (χ0n) is 19.3. The summed E-state index contributed by atoms with van der Waals surface area (Å²) in [6.45, 7) is 0.688. The number of rotatable bonds is 3. The van der Waals surface area contributed by atoms with E-state index in [1.165, 1.54) is 35.2 Å². The minimum atomic E-state index is -4.46. The van der Waals surface area contributed by atoms with E-state index in [2.05, 4.69) is 0 Å². The molecule has 4 nitrogen and oxygen atoms in total. The van der Waals surface area contributed by atoms with Gasteiger partial charge in [-0.1, -0.05) is 48.9 Å². The van der Waals surface area contributed by atoms with Crippen molar-refractivity contribution in [1.29, 1.82) is 0 Å². The summed E-state index contributed by atoms with van der Waals surface area (Å²) in [4.78, 5) is 31.4. The number of para-hydroxylation sites is 1. The summed E-state index contributed by atoms with van der Waals surface area (Å²) in [6.07, 6.45) is 3.59. The molecule has 0 unspecified atom stereocenters. The van der Waals surface area contributed by atoms with Crippen LogP contribution in [0.5, 0.6) is 0 Å². The Balaban J connectivity index is 1.43. The largest absolute Gasteiger partial charge is 0.416 e. The second kappa shape index (κ2) is 9.72. The Hall–Kier alpha value is -2.74. The highest BCUT2D eigenvalue weighted by atomic mass is 32.2. The van der Waals surface area contributed by atoms with Gasteiger partial charge in [-0.3, -0.25) is 9.59 Å². The first-order chi connectivity index (χ1) is 16.8. The van der Waals surface area contributed by atoms with E-state index >= 15 is 0 Å². The average Bonchev–Trinajstić information content (AvgIpc) is 2.86. The topological polar surface area (TPSA) is 40.6 Å². The second-order valence-corrected chi connectivity index (χ2v) is 10.5.